The average molecular weight is 323 g/mol. The smallest absolute Gasteiger partial charge is 0.227 e. The molecule has 0 unspecified atom stereocenters. The zero-order valence-electron chi connectivity index (χ0n) is 12.8. The lowest BCUT2D eigenvalue weighted by Gasteiger charge is -2.16. The minimum atomic E-state index is 0.0867. The molecule has 0 fully saturated rings. The lowest BCUT2D eigenvalue weighted by Crippen LogP contribution is -2.26. The number of nitrogens with zero attached hydrogens (tertiary/aromatic N) is 3. The molecule has 116 valence electrons. The fraction of sp³-hybridized carbons (Fsp3) is 0.167. The number of amides is 1. The number of carbonyl (C=O) groups excluding carboxylic acids is 1. The van der Waals surface area contributed by atoms with Crippen molar-refractivity contribution in [2.45, 2.75) is 12.8 Å². The lowest BCUT2D eigenvalue weighted by atomic mass is 10.2. The van der Waals surface area contributed by atoms with Gasteiger partial charge in [-0.2, -0.15) is 0 Å². The number of hydrogen-bond acceptors (Lipinski definition) is 4. The van der Waals surface area contributed by atoms with Gasteiger partial charge >= 0.3 is 0 Å². The van der Waals surface area contributed by atoms with Gasteiger partial charge in [0.2, 0.25) is 5.91 Å². The van der Waals surface area contributed by atoms with Gasteiger partial charge in [-0.3, -0.25) is 9.78 Å². The van der Waals surface area contributed by atoms with Gasteiger partial charge in [-0.05, 0) is 30.7 Å². The van der Waals surface area contributed by atoms with Crippen LogP contribution in [0.15, 0.2) is 60.1 Å². The Morgan fingerprint density at radius 1 is 1.13 bits per heavy atom. The summed E-state index contributed by atoms with van der Waals surface area (Å²) in [6.45, 7) is 0. The van der Waals surface area contributed by atoms with Gasteiger partial charge in [0.1, 0.15) is 5.01 Å². The second kappa shape index (κ2) is 7.15. The van der Waals surface area contributed by atoms with E-state index < -0.39 is 0 Å². The number of pyridine rings is 1. The summed E-state index contributed by atoms with van der Waals surface area (Å²) in [6.07, 6.45) is 2.84. The monoisotopic (exact) mass is 323 g/mol. The second-order valence-corrected chi connectivity index (χ2v) is 6.01. The van der Waals surface area contributed by atoms with E-state index in [0.717, 1.165) is 22.1 Å². The molecular formula is C18H17N3OS. The highest BCUT2D eigenvalue weighted by molar-refractivity contribution is 7.13. The van der Waals surface area contributed by atoms with E-state index in [2.05, 4.69) is 9.97 Å². The zero-order chi connectivity index (χ0) is 16.1. The maximum absolute atomic E-state index is 12.3. The predicted octanol–water partition coefficient (Wildman–Crippen LogP) is 3.80. The van der Waals surface area contributed by atoms with Gasteiger partial charge in [0.15, 0.2) is 0 Å². The Morgan fingerprint density at radius 3 is 2.65 bits per heavy atom. The van der Waals surface area contributed by atoms with Crippen LogP contribution in [0, 0.1) is 0 Å². The molecule has 23 heavy (non-hydrogen) atoms. The summed E-state index contributed by atoms with van der Waals surface area (Å²) in [5.41, 5.74) is 2.71. The van der Waals surface area contributed by atoms with E-state index in [1.54, 1.807) is 29.5 Å². The van der Waals surface area contributed by atoms with E-state index >= 15 is 0 Å². The van der Waals surface area contributed by atoms with Crippen LogP contribution in [-0.4, -0.2) is 22.9 Å². The molecule has 3 rings (SSSR count). The molecule has 4 nitrogen and oxygen atoms in total. The van der Waals surface area contributed by atoms with Crippen LogP contribution in [0.3, 0.4) is 0 Å². The number of anilines is 1. The number of rotatable bonds is 5. The van der Waals surface area contributed by atoms with Crippen LogP contribution in [0.2, 0.25) is 0 Å². The Bertz CT molecular complexity index is 771. The highest BCUT2D eigenvalue weighted by atomic mass is 32.1. The van der Waals surface area contributed by atoms with Gasteiger partial charge in [-0.15, -0.1) is 11.3 Å². The molecule has 5 heteroatoms. The van der Waals surface area contributed by atoms with Crippen molar-refractivity contribution in [3.05, 3.63) is 65.8 Å². The number of hydrogen-bond donors (Lipinski definition) is 0. The number of aromatic nitrogens is 2. The number of carbonyl (C=O) groups is 1. The summed E-state index contributed by atoms with van der Waals surface area (Å²) in [5.74, 6) is 0.0867. The summed E-state index contributed by atoms with van der Waals surface area (Å²) in [5, 5.41) is 2.89. The van der Waals surface area contributed by atoms with E-state index in [1.807, 2.05) is 53.9 Å². The van der Waals surface area contributed by atoms with E-state index in [9.17, 15) is 4.79 Å². The predicted molar refractivity (Wildman–Crippen MR) is 93.5 cm³/mol. The van der Waals surface area contributed by atoms with Crippen LogP contribution in [0.5, 0.6) is 0 Å². The van der Waals surface area contributed by atoms with Crippen LogP contribution in [0.1, 0.15) is 12.1 Å². The molecule has 1 aromatic carbocycles. The van der Waals surface area contributed by atoms with E-state index in [-0.39, 0.29) is 5.91 Å². The SMILES string of the molecule is CN(C(=O)CCc1csc(-c2ccccn2)n1)c1ccccc1. The first-order chi connectivity index (χ1) is 11.2. The molecule has 2 aromatic heterocycles. The van der Waals surface area contributed by atoms with Crippen LogP contribution in [-0.2, 0) is 11.2 Å². The van der Waals surface area contributed by atoms with Crippen LogP contribution in [0.4, 0.5) is 5.69 Å². The molecule has 0 N–H and O–H groups in total. The maximum atomic E-state index is 12.3. The molecule has 0 bridgehead atoms. The Hall–Kier alpha value is -2.53. The van der Waals surface area contributed by atoms with Gasteiger partial charge in [-0.1, -0.05) is 24.3 Å². The van der Waals surface area contributed by atoms with Crippen LogP contribution >= 0.6 is 11.3 Å². The third-order valence-corrected chi connectivity index (χ3v) is 4.46. The maximum Gasteiger partial charge on any atom is 0.227 e. The summed E-state index contributed by atoms with van der Waals surface area (Å²) in [6, 6.07) is 15.4. The van der Waals surface area contributed by atoms with E-state index in [0.29, 0.717) is 12.8 Å². The van der Waals surface area contributed by atoms with E-state index in [1.165, 1.54) is 0 Å². The van der Waals surface area contributed by atoms with Crippen molar-refractivity contribution in [1.82, 2.24) is 9.97 Å². The Kier molecular flexibility index (Phi) is 4.78. The summed E-state index contributed by atoms with van der Waals surface area (Å²) in [4.78, 5) is 22.8. The zero-order valence-corrected chi connectivity index (χ0v) is 13.7. The van der Waals surface area contributed by atoms with Crippen molar-refractivity contribution in [2.75, 3.05) is 11.9 Å². The minimum Gasteiger partial charge on any atom is -0.315 e. The van der Waals surface area contributed by atoms with Gasteiger partial charge in [0, 0.05) is 30.7 Å². The largest absolute Gasteiger partial charge is 0.315 e. The second-order valence-electron chi connectivity index (χ2n) is 5.15. The highest BCUT2D eigenvalue weighted by Crippen LogP contribution is 2.22. The lowest BCUT2D eigenvalue weighted by molar-refractivity contribution is -0.118. The number of benzene rings is 1. The standard InChI is InChI=1S/C18H17N3OS/c1-21(15-7-3-2-4-8-15)17(22)11-10-14-13-23-18(20-14)16-9-5-6-12-19-16/h2-9,12-13H,10-11H2,1H3. The van der Waals surface area contributed by atoms with Crippen LogP contribution in [0.25, 0.3) is 10.7 Å². The molecule has 0 saturated heterocycles. The normalized spacial score (nSPS) is 10.5. The van der Waals surface area contributed by atoms with Crippen molar-refractivity contribution in [1.29, 1.82) is 0 Å². The third-order valence-electron chi connectivity index (χ3n) is 3.55. The van der Waals surface area contributed by atoms with Crippen molar-refractivity contribution >= 4 is 22.9 Å². The summed E-state index contributed by atoms with van der Waals surface area (Å²) in [7, 11) is 1.80. The molecule has 0 saturated carbocycles. The van der Waals surface area contributed by atoms with Crippen molar-refractivity contribution in [3.8, 4) is 10.7 Å². The molecule has 2 heterocycles. The minimum absolute atomic E-state index is 0.0867. The molecule has 0 aliphatic rings. The van der Waals surface area contributed by atoms with Gasteiger partial charge < -0.3 is 4.90 Å². The fourth-order valence-corrected chi connectivity index (χ4v) is 3.06. The van der Waals surface area contributed by atoms with Crippen molar-refractivity contribution in [2.24, 2.45) is 0 Å². The summed E-state index contributed by atoms with van der Waals surface area (Å²) < 4.78 is 0. The van der Waals surface area contributed by atoms with Gasteiger partial charge in [-0.25, -0.2) is 4.98 Å². The topological polar surface area (TPSA) is 46.1 Å². The first-order valence-electron chi connectivity index (χ1n) is 7.41. The molecule has 0 spiro atoms. The molecule has 1 amide bonds. The molecule has 0 aliphatic heterocycles. The first-order valence-corrected chi connectivity index (χ1v) is 8.29. The Morgan fingerprint density at radius 2 is 1.91 bits per heavy atom. The molecule has 0 atom stereocenters. The van der Waals surface area contributed by atoms with Gasteiger partial charge in [0.05, 0.1) is 11.4 Å². The molecule has 0 radical (unpaired) electrons. The van der Waals surface area contributed by atoms with E-state index in [4.69, 9.17) is 0 Å². The fourth-order valence-electron chi connectivity index (χ4n) is 2.23. The average Bonchev–Trinajstić information content (AvgIpc) is 3.09. The first kappa shape index (κ1) is 15.4. The third kappa shape index (κ3) is 3.81. The highest BCUT2D eigenvalue weighted by Gasteiger charge is 2.12. The van der Waals surface area contributed by atoms with Crippen molar-refractivity contribution in [3.63, 3.8) is 0 Å². The Balaban J connectivity index is 1.61. The number of thiazole rings is 1. The molecular weight excluding hydrogens is 306 g/mol. The summed E-state index contributed by atoms with van der Waals surface area (Å²) >= 11 is 1.56. The quantitative estimate of drug-likeness (QED) is 0.717. The van der Waals surface area contributed by atoms with Gasteiger partial charge in [0.25, 0.3) is 0 Å². The number of aryl methyl sites for hydroxylation is 1. The van der Waals surface area contributed by atoms with Crippen LogP contribution < -0.4 is 4.90 Å². The molecule has 0 aliphatic carbocycles. The molecule has 3 aromatic rings. The Labute approximate surface area is 139 Å². The van der Waals surface area contributed by atoms with Crippen molar-refractivity contribution < 1.29 is 4.79 Å². The number of para-hydroxylation sites is 1.